The first-order valence-corrected chi connectivity index (χ1v) is 8.68. The van der Waals surface area contributed by atoms with Crippen LogP contribution in [0.2, 0.25) is 0 Å². The molecule has 0 saturated heterocycles. The summed E-state index contributed by atoms with van der Waals surface area (Å²) in [7, 11) is 1.45. The molecule has 0 aliphatic carbocycles. The number of hydrogen-bond acceptors (Lipinski definition) is 3. The fourth-order valence-corrected chi connectivity index (χ4v) is 3.02. The van der Waals surface area contributed by atoms with E-state index < -0.39 is 5.82 Å². The zero-order valence-electron chi connectivity index (χ0n) is 15.6. The molecule has 2 aromatic carbocycles. The van der Waals surface area contributed by atoms with E-state index in [-0.39, 0.29) is 11.5 Å². The lowest BCUT2D eigenvalue weighted by Gasteiger charge is -2.10. The Bertz CT molecular complexity index is 952. The van der Waals surface area contributed by atoms with Gasteiger partial charge in [0.15, 0.2) is 0 Å². The van der Waals surface area contributed by atoms with E-state index in [1.165, 1.54) is 25.3 Å². The monoisotopic (exact) mass is 367 g/mol. The van der Waals surface area contributed by atoms with Crippen molar-refractivity contribution in [3.05, 3.63) is 82.4 Å². The first kappa shape index (κ1) is 18.6. The number of methoxy groups -OCH3 is 1. The predicted molar refractivity (Wildman–Crippen MR) is 101 cm³/mol. The Morgan fingerprint density at radius 2 is 1.93 bits per heavy atom. The third-order valence-electron chi connectivity index (χ3n) is 4.54. The number of halogens is 1. The van der Waals surface area contributed by atoms with Gasteiger partial charge in [-0.3, -0.25) is 9.48 Å². The van der Waals surface area contributed by atoms with E-state index in [1.807, 2.05) is 48.9 Å². The Kier molecular flexibility index (Phi) is 5.54. The summed E-state index contributed by atoms with van der Waals surface area (Å²) in [5.74, 6) is -0.535. The molecule has 1 N–H and O–H groups in total. The molecule has 27 heavy (non-hydrogen) atoms. The number of aromatic nitrogens is 2. The highest BCUT2D eigenvalue weighted by Crippen LogP contribution is 2.20. The van der Waals surface area contributed by atoms with Crippen molar-refractivity contribution in [2.45, 2.75) is 26.9 Å². The molecule has 5 nitrogen and oxygen atoms in total. The third-order valence-corrected chi connectivity index (χ3v) is 4.54. The lowest BCUT2D eigenvalue weighted by Crippen LogP contribution is -2.24. The number of ether oxygens (including phenoxy) is 1. The van der Waals surface area contributed by atoms with Gasteiger partial charge < -0.3 is 10.1 Å². The molecular weight excluding hydrogens is 345 g/mol. The number of aryl methyl sites for hydroxylation is 1. The van der Waals surface area contributed by atoms with Gasteiger partial charge in [-0.1, -0.05) is 30.3 Å². The number of carbonyl (C=O) groups excluding carboxylic acids is 1. The van der Waals surface area contributed by atoms with E-state index >= 15 is 0 Å². The lowest BCUT2D eigenvalue weighted by molar-refractivity contribution is 0.0947. The van der Waals surface area contributed by atoms with Crippen LogP contribution in [0.1, 0.15) is 32.9 Å². The third kappa shape index (κ3) is 4.16. The van der Waals surface area contributed by atoms with E-state index in [4.69, 9.17) is 4.74 Å². The van der Waals surface area contributed by atoms with Gasteiger partial charge in [-0.2, -0.15) is 5.10 Å². The van der Waals surface area contributed by atoms with Crippen LogP contribution in [0.5, 0.6) is 5.75 Å². The second kappa shape index (κ2) is 8.03. The smallest absolute Gasteiger partial charge is 0.255 e. The fourth-order valence-electron chi connectivity index (χ4n) is 3.02. The number of nitrogens with zero attached hydrogens (tertiary/aromatic N) is 2. The maximum Gasteiger partial charge on any atom is 0.255 e. The minimum atomic E-state index is -0.482. The van der Waals surface area contributed by atoms with E-state index in [0.29, 0.717) is 18.8 Å². The van der Waals surface area contributed by atoms with Crippen molar-refractivity contribution in [2.75, 3.05) is 7.11 Å². The van der Waals surface area contributed by atoms with Gasteiger partial charge in [-0.15, -0.1) is 0 Å². The number of benzene rings is 2. The summed E-state index contributed by atoms with van der Waals surface area (Å²) in [5, 5.41) is 7.42. The quantitative estimate of drug-likeness (QED) is 0.724. The molecule has 0 aliphatic rings. The molecule has 140 valence electrons. The summed E-state index contributed by atoms with van der Waals surface area (Å²) < 4.78 is 20.6. The molecule has 0 fully saturated rings. The molecule has 1 aromatic heterocycles. The van der Waals surface area contributed by atoms with E-state index in [0.717, 1.165) is 22.5 Å². The number of nitrogens with one attached hydrogen (secondary N) is 1. The molecule has 1 amide bonds. The Morgan fingerprint density at radius 1 is 1.19 bits per heavy atom. The minimum absolute atomic E-state index is 0.171. The van der Waals surface area contributed by atoms with Crippen LogP contribution in [-0.4, -0.2) is 22.8 Å². The first-order chi connectivity index (χ1) is 13.0. The van der Waals surface area contributed by atoms with E-state index in [1.54, 1.807) is 0 Å². The molecule has 0 aliphatic heterocycles. The van der Waals surface area contributed by atoms with Gasteiger partial charge in [-0.05, 0) is 37.6 Å². The van der Waals surface area contributed by atoms with Crippen molar-refractivity contribution in [1.29, 1.82) is 0 Å². The van der Waals surface area contributed by atoms with Crippen LogP contribution in [0, 0.1) is 19.7 Å². The molecule has 3 rings (SSSR count). The zero-order chi connectivity index (χ0) is 19.4. The molecule has 1 heterocycles. The van der Waals surface area contributed by atoms with Gasteiger partial charge in [0.2, 0.25) is 0 Å². The Hall–Kier alpha value is -3.15. The highest BCUT2D eigenvalue weighted by molar-refractivity contribution is 5.96. The van der Waals surface area contributed by atoms with Crippen LogP contribution in [0.3, 0.4) is 0 Å². The maximum atomic E-state index is 13.5. The molecule has 0 saturated carbocycles. The summed E-state index contributed by atoms with van der Waals surface area (Å²) >= 11 is 0. The average Bonchev–Trinajstić information content (AvgIpc) is 2.93. The summed E-state index contributed by atoms with van der Waals surface area (Å²) in [4.78, 5) is 12.5. The average molecular weight is 367 g/mol. The van der Waals surface area contributed by atoms with Crippen molar-refractivity contribution < 1.29 is 13.9 Å². The van der Waals surface area contributed by atoms with Gasteiger partial charge in [0.05, 0.1) is 24.9 Å². The maximum absolute atomic E-state index is 13.5. The molecule has 0 bridgehead atoms. The molecular formula is C21H22FN3O2. The van der Waals surface area contributed by atoms with Crippen molar-refractivity contribution in [1.82, 2.24) is 15.1 Å². The van der Waals surface area contributed by atoms with Crippen molar-refractivity contribution >= 4 is 5.91 Å². The van der Waals surface area contributed by atoms with Gasteiger partial charge in [0.25, 0.3) is 5.91 Å². The highest BCUT2D eigenvalue weighted by Gasteiger charge is 2.16. The van der Waals surface area contributed by atoms with Crippen LogP contribution >= 0.6 is 0 Å². The number of carbonyl (C=O) groups is 1. The summed E-state index contributed by atoms with van der Waals surface area (Å²) in [6.07, 6.45) is 0. The van der Waals surface area contributed by atoms with E-state index in [9.17, 15) is 9.18 Å². The predicted octanol–water partition coefficient (Wildman–Crippen LogP) is 3.63. The molecule has 0 radical (unpaired) electrons. The lowest BCUT2D eigenvalue weighted by atomic mass is 10.1. The van der Waals surface area contributed by atoms with Crippen LogP contribution in [0.4, 0.5) is 4.39 Å². The van der Waals surface area contributed by atoms with Crippen molar-refractivity contribution in [2.24, 2.45) is 0 Å². The Morgan fingerprint density at radius 3 is 2.63 bits per heavy atom. The number of hydrogen-bond donors (Lipinski definition) is 1. The molecule has 0 unspecified atom stereocenters. The summed E-state index contributed by atoms with van der Waals surface area (Å²) in [5.41, 5.74) is 4.13. The Labute approximate surface area is 157 Å². The van der Waals surface area contributed by atoms with Crippen molar-refractivity contribution in [3.63, 3.8) is 0 Å². The van der Waals surface area contributed by atoms with Gasteiger partial charge in [-0.25, -0.2) is 4.39 Å². The number of rotatable bonds is 6. The van der Waals surface area contributed by atoms with Crippen LogP contribution in [-0.2, 0) is 13.1 Å². The highest BCUT2D eigenvalue weighted by atomic mass is 19.1. The van der Waals surface area contributed by atoms with E-state index in [2.05, 4.69) is 10.4 Å². The fraction of sp³-hybridized carbons (Fsp3) is 0.238. The normalized spacial score (nSPS) is 10.7. The first-order valence-electron chi connectivity index (χ1n) is 8.68. The summed E-state index contributed by atoms with van der Waals surface area (Å²) in [6, 6.07) is 13.9. The largest absolute Gasteiger partial charge is 0.496 e. The minimum Gasteiger partial charge on any atom is -0.496 e. The standard InChI is InChI=1S/C21H22FN3O2/c1-14-19(15(2)25(24-14)13-16-7-5-4-6-8-16)12-23-21(26)18-11-17(22)9-10-20(18)27-3/h4-11H,12-13H2,1-3H3,(H,23,26). The Balaban J connectivity index is 1.75. The molecule has 3 aromatic rings. The van der Waals surface area contributed by atoms with Gasteiger partial charge in [0, 0.05) is 17.8 Å². The second-order valence-corrected chi connectivity index (χ2v) is 6.32. The van der Waals surface area contributed by atoms with Crippen molar-refractivity contribution in [3.8, 4) is 5.75 Å². The molecule has 0 spiro atoms. The number of amides is 1. The zero-order valence-corrected chi connectivity index (χ0v) is 15.6. The summed E-state index contributed by atoms with van der Waals surface area (Å²) in [6.45, 7) is 4.87. The van der Waals surface area contributed by atoms with Gasteiger partial charge in [0.1, 0.15) is 11.6 Å². The SMILES string of the molecule is COc1ccc(F)cc1C(=O)NCc1c(C)nn(Cc2ccccc2)c1C. The van der Waals surface area contributed by atoms with Crippen LogP contribution in [0.15, 0.2) is 48.5 Å². The topological polar surface area (TPSA) is 56.1 Å². The molecule has 0 atom stereocenters. The van der Waals surface area contributed by atoms with Crippen LogP contribution in [0.25, 0.3) is 0 Å². The van der Waals surface area contributed by atoms with Crippen LogP contribution < -0.4 is 10.1 Å². The molecule has 6 heteroatoms. The second-order valence-electron chi connectivity index (χ2n) is 6.32. The van der Waals surface area contributed by atoms with Gasteiger partial charge >= 0.3 is 0 Å².